The lowest BCUT2D eigenvalue weighted by molar-refractivity contribution is 0.0890. The summed E-state index contributed by atoms with van der Waals surface area (Å²) in [5.74, 6) is -1.75. The van der Waals surface area contributed by atoms with Gasteiger partial charge in [-0.3, -0.25) is 10.2 Å². The normalized spacial score (nSPS) is 11.6. The van der Waals surface area contributed by atoms with Crippen LogP contribution in [0.15, 0.2) is 18.2 Å². The number of nitrogens with one attached hydrogen (secondary N) is 1. The Morgan fingerprint density at radius 2 is 2.06 bits per heavy atom. The highest BCUT2D eigenvalue weighted by Gasteiger charge is 2.20. The number of carbonyl (C=O) groups excluding carboxylic acids is 1. The van der Waals surface area contributed by atoms with E-state index >= 15 is 0 Å². The number of benzene rings is 1. The van der Waals surface area contributed by atoms with Crippen LogP contribution >= 0.6 is 11.6 Å². The fraction of sp³-hybridized carbons (Fsp3) is 0.222. The lowest BCUT2D eigenvalue weighted by Crippen LogP contribution is -2.43. The first-order valence-corrected chi connectivity index (χ1v) is 6.65. The van der Waals surface area contributed by atoms with E-state index in [4.69, 9.17) is 11.6 Å². The second-order valence-electron chi connectivity index (χ2n) is 3.27. The van der Waals surface area contributed by atoms with Crippen LogP contribution in [0.5, 0.6) is 0 Å². The first kappa shape index (κ1) is 13.9. The zero-order valence-electron chi connectivity index (χ0n) is 9.07. The van der Waals surface area contributed by atoms with E-state index < -0.39 is 27.3 Å². The highest BCUT2D eigenvalue weighted by molar-refractivity contribution is 7.88. The lowest BCUT2D eigenvalue weighted by Gasteiger charge is -2.15. The van der Waals surface area contributed by atoms with Crippen molar-refractivity contribution < 1.29 is 17.6 Å². The number of nitrogens with zero attached hydrogens (tertiary/aromatic N) is 1. The molecule has 0 bridgehead atoms. The third-order valence-electron chi connectivity index (χ3n) is 1.95. The minimum atomic E-state index is -3.60. The van der Waals surface area contributed by atoms with Crippen LogP contribution in [0, 0.1) is 5.82 Å². The Kier molecular flexibility index (Phi) is 4.07. The van der Waals surface area contributed by atoms with Crippen LogP contribution in [-0.4, -0.2) is 32.0 Å². The highest BCUT2D eigenvalue weighted by atomic mass is 35.5. The van der Waals surface area contributed by atoms with Gasteiger partial charge in [-0.15, -0.1) is 4.41 Å². The van der Waals surface area contributed by atoms with E-state index in [1.165, 1.54) is 12.1 Å². The summed E-state index contributed by atoms with van der Waals surface area (Å²) in [7, 11) is -2.47. The molecule has 0 atom stereocenters. The van der Waals surface area contributed by atoms with E-state index in [1.807, 2.05) is 5.43 Å². The van der Waals surface area contributed by atoms with Gasteiger partial charge in [-0.25, -0.2) is 12.8 Å². The molecule has 1 aromatic rings. The molecular weight excluding hydrogens is 271 g/mol. The van der Waals surface area contributed by atoms with Gasteiger partial charge in [-0.2, -0.15) is 0 Å². The largest absolute Gasteiger partial charge is 0.271 e. The Morgan fingerprint density at radius 3 is 2.53 bits per heavy atom. The van der Waals surface area contributed by atoms with Gasteiger partial charge in [-0.05, 0) is 12.1 Å². The molecule has 0 saturated carbocycles. The smallest absolute Gasteiger partial charge is 0.270 e. The third kappa shape index (κ3) is 3.39. The Hall–Kier alpha value is -1.18. The van der Waals surface area contributed by atoms with Crippen LogP contribution < -0.4 is 5.43 Å². The van der Waals surface area contributed by atoms with E-state index in [-0.39, 0.29) is 5.02 Å². The topological polar surface area (TPSA) is 66.5 Å². The van der Waals surface area contributed by atoms with Crippen molar-refractivity contribution in [1.29, 1.82) is 0 Å². The maximum atomic E-state index is 13.3. The highest BCUT2D eigenvalue weighted by Crippen LogP contribution is 2.18. The predicted molar refractivity (Wildman–Crippen MR) is 61.5 cm³/mol. The van der Waals surface area contributed by atoms with Gasteiger partial charge >= 0.3 is 0 Å². The van der Waals surface area contributed by atoms with Crippen LogP contribution in [0.1, 0.15) is 10.4 Å². The summed E-state index contributed by atoms with van der Waals surface area (Å²) < 4.78 is 36.0. The minimum Gasteiger partial charge on any atom is -0.271 e. The van der Waals surface area contributed by atoms with Crippen molar-refractivity contribution in [3.05, 3.63) is 34.6 Å². The van der Waals surface area contributed by atoms with E-state index in [2.05, 4.69) is 0 Å². The second-order valence-corrected chi connectivity index (χ2v) is 5.69. The fourth-order valence-electron chi connectivity index (χ4n) is 0.997. The molecule has 0 aliphatic rings. The molecule has 1 N–H and O–H groups in total. The molecule has 8 heteroatoms. The molecule has 1 rings (SSSR count). The Bertz CT molecular complexity index is 527. The molecule has 5 nitrogen and oxygen atoms in total. The summed E-state index contributed by atoms with van der Waals surface area (Å²) in [6, 6.07) is 3.73. The number of sulfonamides is 1. The van der Waals surface area contributed by atoms with Gasteiger partial charge in [0.1, 0.15) is 5.82 Å². The Labute approximate surface area is 103 Å². The molecule has 0 aliphatic carbocycles. The summed E-state index contributed by atoms with van der Waals surface area (Å²) in [4.78, 5) is 11.6. The van der Waals surface area contributed by atoms with Gasteiger partial charge in [0.05, 0.1) is 16.8 Å². The maximum absolute atomic E-state index is 13.3. The molecule has 0 saturated heterocycles. The standard InChI is InChI=1S/C9H10ClFN2O3S/c1-13(17(2,15)16)12-9(14)8-6(10)4-3-5-7(8)11/h3-5H,1-2H3,(H,12,14). The van der Waals surface area contributed by atoms with Crippen LogP contribution in [0.3, 0.4) is 0 Å². The van der Waals surface area contributed by atoms with Crippen molar-refractivity contribution in [2.45, 2.75) is 0 Å². The van der Waals surface area contributed by atoms with E-state index in [0.717, 1.165) is 19.4 Å². The monoisotopic (exact) mass is 280 g/mol. The molecule has 0 fully saturated rings. The first-order chi connectivity index (χ1) is 7.73. The van der Waals surface area contributed by atoms with Crippen LogP contribution in [-0.2, 0) is 10.0 Å². The average molecular weight is 281 g/mol. The SMILES string of the molecule is CN(NC(=O)c1c(F)cccc1Cl)S(C)(=O)=O. The molecule has 0 aromatic heterocycles. The molecule has 17 heavy (non-hydrogen) atoms. The van der Waals surface area contributed by atoms with Gasteiger partial charge in [0.25, 0.3) is 5.91 Å². The number of halogens is 2. The van der Waals surface area contributed by atoms with Gasteiger partial charge in [-0.1, -0.05) is 17.7 Å². The predicted octanol–water partition coefficient (Wildman–Crippen LogP) is 1.02. The number of hydrazine groups is 1. The summed E-state index contributed by atoms with van der Waals surface area (Å²) in [6.07, 6.45) is 0.899. The zero-order valence-corrected chi connectivity index (χ0v) is 10.6. The summed E-state index contributed by atoms with van der Waals surface area (Å²) >= 11 is 5.65. The molecule has 94 valence electrons. The van der Waals surface area contributed by atoms with Gasteiger partial charge in [0, 0.05) is 7.05 Å². The van der Waals surface area contributed by atoms with Crippen molar-refractivity contribution in [2.24, 2.45) is 0 Å². The van der Waals surface area contributed by atoms with E-state index in [1.54, 1.807) is 0 Å². The molecular formula is C9H10ClFN2O3S. The first-order valence-electron chi connectivity index (χ1n) is 4.42. The van der Waals surface area contributed by atoms with Crippen LogP contribution in [0.25, 0.3) is 0 Å². The van der Waals surface area contributed by atoms with E-state index in [0.29, 0.717) is 4.41 Å². The number of carbonyl (C=O) groups is 1. The van der Waals surface area contributed by atoms with Crippen molar-refractivity contribution >= 4 is 27.5 Å². The van der Waals surface area contributed by atoms with Crippen molar-refractivity contribution in [3.63, 3.8) is 0 Å². The molecule has 0 heterocycles. The Morgan fingerprint density at radius 1 is 1.47 bits per heavy atom. The van der Waals surface area contributed by atoms with Crippen LogP contribution in [0.4, 0.5) is 4.39 Å². The minimum absolute atomic E-state index is 0.0931. The molecule has 0 radical (unpaired) electrons. The summed E-state index contributed by atoms with van der Waals surface area (Å²) in [6.45, 7) is 0. The third-order valence-corrected chi connectivity index (χ3v) is 3.35. The summed E-state index contributed by atoms with van der Waals surface area (Å²) in [5.41, 5.74) is 1.60. The second kappa shape index (κ2) is 4.99. The van der Waals surface area contributed by atoms with Crippen molar-refractivity contribution in [2.75, 3.05) is 13.3 Å². The van der Waals surface area contributed by atoms with Gasteiger partial charge in [0.2, 0.25) is 10.0 Å². The number of rotatable bonds is 3. The molecule has 1 aromatic carbocycles. The number of hydrogen-bond acceptors (Lipinski definition) is 3. The summed E-state index contributed by atoms with van der Waals surface area (Å²) in [5, 5.41) is -0.0931. The molecule has 0 spiro atoms. The zero-order chi connectivity index (χ0) is 13.2. The van der Waals surface area contributed by atoms with Gasteiger partial charge < -0.3 is 0 Å². The van der Waals surface area contributed by atoms with Crippen molar-refractivity contribution in [1.82, 2.24) is 9.84 Å². The number of amides is 1. The van der Waals surface area contributed by atoms with Gasteiger partial charge in [0.15, 0.2) is 0 Å². The molecule has 0 unspecified atom stereocenters. The quantitative estimate of drug-likeness (QED) is 0.841. The molecule has 1 amide bonds. The number of hydrogen-bond donors (Lipinski definition) is 1. The maximum Gasteiger partial charge on any atom is 0.270 e. The lowest BCUT2D eigenvalue weighted by atomic mass is 10.2. The van der Waals surface area contributed by atoms with E-state index in [9.17, 15) is 17.6 Å². The van der Waals surface area contributed by atoms with Crippen LogP contribution in [0.2, 0.25) is 5.02 Å². The Balaban J connectivity index is 2.99. The fourth-order valence-corrected chi connectivity index (χ4v) is 1.49. The molecule has 0 aliphatic heterocycles. The van der Waals surface area contributed by atoms with Crippen molar-refractivity contribution in [3.8, 4) is 0 Å². The average Bonchev–Trinajstić information content (AvgIpc) is 2.15.